The van der Waals surface area contributed by atoms with Gasteiger partial charge in [0.25, 0.3) is 0 Å². The molecule has 1 saturated carbocycles. The van der Waals surface area contributed by atoms with E-state index in [1.165, 1.54) is 19.5 Å². The molecule has 2 N–H and O–H groups in total. The van der Waals surface area contributed by atoms with Crippen LogP contribution >= 0.6 is 0 Å². The molecule has 1 saturated heterocycles. The Kier molecular flexibility index (Phi) is 5.22. The second kappa shape index (κ2) is 6.71. The average molecular weight is 268 g/mol. The zero-order chi connectivity index (χ0) is 13.8. The molecular formula is C15H28N2O2. The van der Waals surface area contributed by atoms with Gasteiger partial charge >= 0.3 is 5.97 Å². The molecule has 110 valence electrons. The van der Waals surface area contributed by atoms with Crippen LogP contribution in [0.25, 0.3) is 0 Å². The first-order chi connectivity index (χ1) is 9.06. The highest BCUT2D eigenvalue weighted by Crippen LogP contribution is 2.28. The number of carbonyl (C=O) groups is 1. The molecule has 0 amide bonds. The Morgan fingerprint density at radius 2 is 1.95 bits per heavy atom. The second-order valence-corrected chi connectivity index (χ2v) is 6.54. The molecule has 2 rings (SSSR count). The largest absolute Gasteiger partial charge is 0.481 e. The highest BCUT2D eigenvalue weighted by atomic mass is 16.4. The lowest BCUT2D eigenvalue weighted by atomic mass is 9.82. The van der Waals surface area contributed by atoms with Crippen molar-refractivity contribution in [3.05, 3.63) is 0 Å². The Balaban J connectivity index is 1.63. The molecule has 1 atom stereocenters. The summed E-state index contributed by atoms with van der Waals surface area (Å²) in [5.74, 6) is -0.00218. The maximum absolute atomic E-state index is 10.9. The van der Waals surface area contributed by atoms with Crippen molar-refractivity contribution in [2.24, 2.45) is 11.8 Å². The minimum absolute atomic E-state index is 0.0841. The van der Waals surface area contributed by atoms with Crippen molar-refractivity contribution in [2.75, 3.05) is 19.6 Å². The molecule has 1 aliphatic heterocycles. The minimum atomic E-state index is -0.602. The van der Waals surface area contributed by atoms with Crippen LogP contribution in [-0.2, 0) is 4.79 Å². The van der Waals surface area contributed by atoms with E-state index in [-0.39, 0.29) is 5.92 Å². The first-order valence-corrected chi connectivity index (χ1v) is 7.76. The number of likely N-dealkylation sites (tertiary alicyclic amines) is 1. The standard InChI is InChI=1S/C15H28N2O2/c1-11(2)17-8-7-14(10-17)16-9-12-3-5-13(6-4-12)15(18)19/h11-14,16H,3-10H2,1-2H3,(H,18,19). The van der Waals surface area contributed by atoms with Gasteiger partial charge in [0.15, 0.2) is 0 Å². The van der Waals surface area contributed by atoms with E-state index in [2.05, 4.69) is 24.1 Å². The third-order valence-corrected chi connectivity index (χ3v) is 4.84. The summed E-state index contributed by atoms with van der Waals surface area (Å²) in [6, 6.07) is 1.29. The second-order valence-electron chi connectivity index (χ2n) is 6.54. The first-order valence-electron chi connectivity index (χ1n) is 7.76. The lowest BCUT2D eigenvalue weighted by Crippen LogP contribution is -2.38. The van der Waals surface area contributed by atoms with E-state index >= 15 is 0 Å². The minimum Gasteiger partial charge on any atom is -0.481 e. The molecular weight excluding hydrogens is 240 g/mol. The number of hydrogen-bond acceptors (Lipinski definition) is 3. The van der Waals surface area contributed by atoms with Crippen LogP contribution < -0.4 is 5.32 Å². The molecule has 4 heteroatoms. The van der Waals surface area contributed by atoms with Crippen LogP contribution in [0, 0.1) is 11.8 Å². The van der Waals surface area contributed by atoms with E-state index in [4.69, 9.17) is 5.11 Å². The number of nitrogens with one attached hydrogen (secondary N) is 1. The molecule has 0 bridgehead atoms. The van der Waals surface area contributed by atoms with Gasteiger partial charge in [-0.2, -0.15) is 0 Å². The summed E-state index contributed by atoms with van der Waals surface area (Å²) in [6.07, 6.45) is 5.13. The molecule has 4 nitrogen and oxygen atoms in total. The summed E-state index contributed by atoms with van der Waals surface area (Å²) in [7, 11) is 0. The topological polar surface area (TPSA) is 52.6 Å². The Labute approximate surface area is 116 Å². The van der Waals surface area contributed by atoms with Crippen LogP contribution in [0.1, 0.15) is 46.0 Å². The molecule has 0 radical (unpaired) electrons. The van der Waals surface area contributed by atoms with E-state index in [9.17, 15) is 4.79 Å². The summed E-state index contributed by atoms with van der Waals surface area (Å²) in [5, 5.41) is 12.7. The predicted octanol–water partition coefficient (Wildman–Crippen LogP) is 1.95. The maximum Gasteiger partial charge on any atom is 0.306 e. The van der Waals surface area contributed by atoms with Gasteiger partial charge in [0.2, 0.25) is 0 Å². The van der Waals surface area contributed by atoms with Crippen LogP contribution in [-0.4, -0.2) is 47.7 Å². The van der Waals surface area contributed by atoms with Gasteiger partial charge in [0, 0.05) is 18.6 Å². The van der Waals surface area contributed by atoms with Crippen LogP contribution in [0.5, 0.6) is 0 Å². The van der Waals surface area contributed by atoms with E-state index in [1.807, 2.05) is 0 Å². The summed E-state index contributed by atoms with van der Waals surface area (Å²) in [4.78, 5) is 13.4. The van der Waals surface area contributed by atoms with Gasteiger partial charge in [0.1, 0.15) is 0 Å². The highest BCUT2D eigenvalue weighted by molar-refractivity contribution is 5.69. The molecule has 1 heterocycles. The van der Waals surface area contributed by atoms with Crippen molar-refractivity contribution in [1.82, 2.24) is 10.2 Å². The third kappa shape index (κ3) is 4.18. The van der Waals surface area contributed by atoms with E-state index < -0.39 is 5.97 Å². The Bertz CT molecular complexity index is 299. The summed E-state index contributed by atoms with van der Waals surface area (Å²) in [5.41, 5.74) is 0. The van der Waals surface area contributed by atoms with Crippen molar-refractivity contribution < 1.29 is 9.90 Å². The number of rotatable bonds is 5. The van der Waals surface area contributed by atoms with Gasteiger partial charge in [-0.3, -0.25) is 9.69 Å². The average Bonchev–Trinajstić information content (AvgIpc) is 2.86. The van der Waals surface area contributed by atoms with Gasteiger partial charge in [-0.1, -0.05) is 0 Å². The van der Waals surface area contributed by atoms with E-state index in [0.29, 0.717) is 18.0 Å². The highest BCUT2D eigenvalue weighted by Gasteiger charge is 2.28. The van der Waals surface area contributed by atoms with Crippen molar-refractivity contribution in [3.8, 4) is 0 Å². The number of carboxylic acids is 1. The van der Waals surface area contributed by atoms with Gasteiger partial charge in [-0.25, -0.2) is 0 Å². The molecule has 0 spiro atoms. The van der Waals surface area contributed by atoms with Crippen LogP contribution in [0.15, 0.2) is 0 Å². The Morgan fingerprint density at radius 1 is 1.26 bits per heavy atom. The fourth-order valence-electron chi connectivity index (χ4n) is 3.37. The summed E-state index contributed by atoms with van der Waals surface area (Å²) < 4.78 is 0. The zero-order valence-corrected chi connectivity index (χ0v) is 12.3. The van der Waals surface area contributed by atoms with Crippen molar-refractivity contribution in [1.29, 1.82) is 0 Å². The zero-order valence-electron chi connectivity index (χ0n) is 12.3. The maximum atomic E-state index is 10.9. The van der Waals surface area contributed by atoms with Crippen LogP contribution in [0.2, 0.25) is 0 Å². The smallest absolute Gasteiger partial charge is 0.306 e. The molecule has 0 aromatic heterocycles. The lowest BCUT2D eigenvalue weighted by molar-refractivity contribution is -0.143. The summed E-state index contributed by atoms with van der Waals surface area (Å²) >= 11 is 0. The fourth-order valence-corrected chi connectivity index (χ4v) is 3.37. The van der Waals surface area contributed by atoms with Gasteiger partial charge < -0.3 is 10.4 Å². The van der Waals surface area contributed by atoms with E-state index in [0.717, 1.165) is 32.2 Å². The number of hydrogen-bond donors (Lipinski definition) is 2. The quantitative estimate of drug-likeness (QED) is 0.800. The third-order valence-electron chi connectivity index (χ3n) is 4.84. The first kappa shape index (κ1) is 14.8. The van der Waals surface area contributed by atoms with Crippen LogP contribution in [0.3, 0.4) is 0 Å². The van der Waals surface area contributed by atoms with Crippen molar-refractivity contribution in [3.63, 3.8) is 0 Å². The van der Waals surface area contributed by atoms with E-state index in [1.54, 1.807) is 0 Å². The predicted molar refractivity (Wildman–Crippen MR) is 76.2 cm³/mol. The van der Waals surface area contributed by atoms with Crippen molar-refractivity contribution >= 4 is 5.97 Å². The summed E-state index contributed by atoms with van der Waals surface area (Å²) in [6.45, 7) is 7.97. The molecule has 0 aromatic carbocycles. The number of nitrogens with zero attached hydrogens (tertiary/aromatic N) is 1. The van der Waals surface area contributed by atoms with Crippen LogP contribution in [0.4, 0.5) is 0 Å². The Morgan fingerprint density at radius 3 is 2.47 bits per heavy atom. The molecule has 0 aromatic rings. The van der Waals surface area contributed by atoms with Gasteiger partial charge in [-0.05, 0) is 65.0 Å². The molecule has 2 aliphatic rings. The van der Waals surface area contributed by atoms with Crippen molar-refractivity contribution in [2.45, 2.75) is 58.0 Å². The molecule has 19 heavy (non-hydrogen) atoms. The Hall–Kier alpha value is -0.610. The molecule has 1 aliphatic carbocycles. The van der Waals surface area contributed by atoms with Gasteiger partial charge in [0.05, 0.1) is 5.92 Å². The molecule has 2 fully saturated rings. The fraction of sp³-hybridized carbons (Fsp3) is 0.933. The number of carboxylic acid groups (broad SMARTS) is 1. The normalized spacial score (nSPS) is 32.9. The molecule has 1 unspecified atom stereocenters. The number of aliphatic carboxylic acids is 1. The lowest BCUT2D eigenvalue weighted by Gasteiger charge is -2.27. The van der Waals surface area contributed by atoms with Gasteiger partial charge in [-0.15, -0.1) is 0 Å². The monoisotopic (exact) mass is 268 g/mol. The SMILES string of the molecule is CC(C)N1CCC(NCC2CCC(C(=O)O)CC2)C1.